The van der Waals surface area contributed by atoms with Gasteiger partial charge in [-0.1, -0.05) is 41.0 Å². The molecule has 0 spiro atoms. The molecule has 2 rings (SSSR count). The number of carbonyl (C=O) groups excluding carboxylic acids is 4. The third kappa shape index (κ3) is 13.7. The molecule has 0 saturated carbocycles. The summed E-state index contributed by atoms with van der Waals surface area (Å²) in [5, 5.41) is 15.9. The van der Waals surface area contributed by atoms with Crippen molar-refractivity contribution in [3.63, 3.8) is 0 Å². The van der Waals surface area contributed by atoms with E-state index in [0.717, 1.165) is 38.9 Å². The van der Waals surface area contributed by atoms with E-state index >= 15 is 0 Å². The van der Waals surface area contributed by atoms with Crippen molar-refractivity contribution in [2.45, 2.75) is 125 Å². The summed E-state index contributed by atoms with van der Waals surface area (Å²) in [6.45, 7) is 18.9. The zero-order valence-electron chi connectivity index (χ0n) is 28.6. The van der Waals surface area contributed by atoms with Crippen LogP contribution in [0.25, 0.3) is 0 Å². The summed E-state index contributed by atoms with van der Waals surface area (Å²) < 4.78 is 15.9. The van der Waals surface area contributed by atoms with E-state index in [1.807, 2.05) is 41.5 Å². The number of hydrogen-bond donors (Lipinski definition) is 3. The van der Waals surface area contributed by atoms with Crippen molar-refractivity contribution in [2.24, 2.45) is 22.1 Å². The molecular weight excluding hydrogens is 579 g/mol. The zero-order valence-corrected chi connectivity index (χ0v) is 30.6. The average molecular weight is 635 g/mol. The summed E-state index contributed by atoms with van der Waals surface area (Å²) in [6, 6.07) is -1.56. The van der Waals surface area contributed by atoms with E-state index in [0.29, 0.717) is 25.0 Å². The fraction of sp³-hybridized carbons (Fsp3) is 0.774. The van der Waals surface area contributed by atoms with Crippen LogP contribution in [0, 0.1) is 11.3 Å². The molecule has 44 heavy (non-hydrogen) atoms. The summed E-state index contributed by atoms with van der Waals surface area (Å²) in [5.74, 6) is -1.72. The van der Waals surface area contributed by atoms with Crippen molar-refractivity contribution in [1.29, 1.82) is 0 Å². The van der Waals surface area contributed by atoms with Gasteiger partial charge in [-0.25, -0.2) is 9.79 Å². The van der Waals surface area contributed by atoms with Gasteiger partial charge in [0.25, 0.3) is 5.91 Å². The van der Waals surface area contributed by atoms with Crippen molar-refractivity contribution >= 4 is 29.7 Å². The Bertz CT molecular complexity index is 955. The molecule has 0 aromatic heterocycles. The molecule has 1 aliphatic carbocycles. The molecule has 12 nitrogen and oxygen atoms in total. The maximum absolute atomic E-state index is 12.0. The molecule has 0 saturated heterocycles. The molecule has 1 aliphatic heterocycles. The van der Waals surface area contributed by atoms with E-state index in [2.05, 4.69) is 15.6 Å². The van der Waals surface area contributed by atoms with Gasteiger partial charge in [0.1, 0.15) is 5.41 Å². The van der Waals surface area contributed by atoms with Crippen molar-refractivity contribution in [1.82, 2.24) is 10.6 Å². The van der Waals surface area contributed by atoms with Crippen LogP contribution in [0.3, 0.4) is 0 Å². The smallest absolute Gasteiger partial charge is 0.846 e. The Morgan fingerprint density at radius 3 is 2.11 bits per heavy atom. The number of ether oxygens (including phenoxy) is 3. The molecule has 2 unspecified atom stereocenters. The summed E-state index contributed by atoms with van der Waals surface area (Å²) in [7, 11) is 0. The quantitative estimate of drug-likeness (QED) is 0.137. The van der Waals surface area contributed by atoms with E-state index in [4.69, 9.17) is 19.9 Å². The van der Waals surface area contributed by atoms with Gasteiger partial charge < -0.3 is 35.7 Å². The van der Waals surface area contributed by atoms with Crippen LogP contribution in [0.4, 0.5) is 0 Å². The fourth-order valence-electron chi connectivity index (χ4n) is 5.12. The second kappa shape index (κ2) is 23.5. The van der Waals surface area contributed by atoms with E-state index in [9.17, 15) is 24.3 Å². The Morgan fingerprint density at radius 1 is 1.11 bits per heavy atom. The monoisotopic (exact) mass is 634 g/mol. The predicted octanol–water partition coefficient (Wildman–Crippen LogP) is -0.476. The van der Waals surface area contributed by atoms with Crippen LogP contribution < -0.4 is 51.0 Å². The molecule has 0 aromatic carbocycles. The van der Waals surface area contributed by atoms with Crippen molar-refractivity contribution in [3.05, 3.63) is 11.6 Å². The van der Waals surface area contributed by atoms with Gasteiger partial charge in [0, 0.05) is 31.8 Å². The van der Waals surface area contributed by atoms with Gasteiger partial charge in [-0.05, 0) is 64.9 Å². The first-order chi connectivity index (χ1) is 20.3. The molecule has 13 heteroatoms. The van der Waals surface area contributed by atoms with Crippen LogP contribution in [0.2, 0.25) is 0 Å². The van der Waals surface area contributed by atoms with Crippen LogP contribution in [0.5, 0.6) is 0 Å². The number of rotatable bonds is 13. The first kappa shape index (κ1) is 44.3. The van der Waals surface area contributed by atoms with E-state index in [1.54, 1.807) is 19.9 Å². The normalized spacial score (nSPS) is 23.3. The second-order valence-electron chi connectivity index (χ2n) is 10.5. The summed E-state index contributed by atoms with van der Waals surface area (Å²) in [4.78, 5) is 50.4. The third-order valence-corrected chi connectivity index (χ3v) is 7.54. The van der Waals surface area contributed by atoms with E-state index in [1.165, 1.54) is 6.92 Å². The van der Waals surface area contributed by atoms with Crippen LogP contribution in [0.1, 0.15) is 101 Å². The van der Waals surface area contributed by atoms with Crippen LogP contribution in [0.15, 0.2) is 16.6 Å². The number of carbonyl (C=O) groups is 4. The molecule has 248 valence electrons. The summed E-state index contributed by atoms with van der Waals surface area (Å²) in [5.41, 5.74) is 5.53. The van der Waals surface area contributed by atoms with Gasteiger partial charge in [-0.3, -0.25) is 14.4 Å². The minimum atomic E-state index is -1.15. The maximum Gasteiger partial charge on any atom is 1.00 e. The molecule has 0 aromatic rings. The Kier molecular flexibility index (Phi) is 23.7. The molecule has 3 amide bonds. The number of nitrogens with one attached hydrogen (secondary N) is 2. The minimum Gasteiger partial charge on any atom is -0.846 e. The SMILES string of the molecule is CCCC(C)C1(CC)C(=O)N=C([O-])NC1=O.CCOC(=O)C1=C[C@@H](OC(CC)CC)[C@H](NC(C)=O)[C@@H](N)C1.CCOCC.[Na+]. The van der Waals surface area contributed by atoms with Gasteiger partial charge in [0.2, 0.25) is 11.8 Å². The van der Waals surface area contributed by atoms with Crippen LogP contribution in [-0.2, 0) is 33.4 Å². The fourth-order valence-corrected chi connectivity index (χ4v) is 5.12. The first-order valence-electron chi connectivity index (χ1n) is 15.6. The summed E-state index contributed by atoms with van der Waals surface area (Å²) in [6.07, 6.45) is 5.49. The van der Waals surface area contributed by atoms with Crippen LogP contribution >= 0.6 is 0 Å². The van der Waals surface area contributed by atoms with Crippen LogP contribution in [-0.4, -0.2) is 73.8 Å². The third-order valence-electron chi connectivity index (χ3n) is 7.54. The Labute approximate surface area is 286 Å². The number of amidine groups is 1. The Balaban J connectivity index is 0. The molecule has 0 bridgehead atoms. The number of hydrogen-bond acceptors (Lipinski definition) is 9. The van der Waals surface area contributed by atoms with Crippen molar-refractivity contribution in [2.75, 3.05) is 19.8 Å². The largest absolute Gasteiger partial charge is 1.00 e. The first-order valence-corrected chi connectivity index (χ1v) is 15.6. The average Bonchev–Trinajstić information content (AvgIpc) is 2.94. The topological polar surface area (TPSA) is 181 Å². The Hall–Kier alpha value is -1.83. The molecular formula is C31H55N4NaO8. The predicted molar refractivity (Wildman–Crippen MR) is 164 cm³/mol. The zero-order chi connectivity index (χ0) is 33.2. The number of nitrogens with two attached hydrogens (primary N) is 1. The van der Waals surface area contributed by atoms with Gasteiger partial charge in [-0.15, -0.1) is 0 Å². The number of esters is 1. The van der Waals surface area contributed by atoms with Gasteiger partial charge in [-0.2, -0.15) is 0 Å². The molecule has 5 atom stereocenters. The van der Waals surface area contributed by atoms with Gasteiger partial charge in [0.15, 0.2) is 0 Å². The maximum atomic E-state index is 12.0. The summed E-state index contributed by atoms with van der Waals surface area (Å²) >= 11 is 0. The number of aliphatic imine (C=N–C) groups is 1. The van der Waals surface area contributed by atoms with Crippen molar-refractivity contribution < 1.29 is 68.1 Å². The van der Waals surface area contributed by atoms with Gasteiger partial charge >= 0.3 is 35.5 Å². The van der Waals surface area contributed by atoms with E-state index in [-0.39, 0.29) is 65.5 Å². The number of amides is 3. The van der Waals surface area contributed by atoms with Gasteiger partial charge in [0.05, 0.1) is 30.9 Å². The standard InChI is InChI=1S/C16H28N2O4.C11H18N2O3.C4H10O.Na/c1-5-12(6-2)22-14-9-11(16(20)21-7-3)8-13(17)15(14)18-10(4)19;1-4-6-7(3)11(5-2)8(14)12-10(16)13-9(11)15;1-3-5-4-2;/h9,12-15H,5-8,17H2,1-4H3,(H,18,19);7H,4-6H2,1-3H3,(H2,12,13,14,15,16);3-4H2,1-2H3;/q;;;+1/p-1/t13-,14+,15+;;;/m0.../s1. The molecule has 0 fully saturated rings. The van der Waals surface area contributed by atoms with E-state index < -0.39 is 29.4 Å². The molecule has 4 N–H and O–H groups in total. The second-order valence-corrected chi connectivity index (χ2v) is 10.5. The van der Waals surface area contributed by atoms with Crippen molar-refractivity contribution in [3.8, 4) is 0 Å². The Morgan fingerprint density at radius 2 is 1.70 bits per heavy atom. The molecule has 2 aliphatic rings. The minimum absolute atomic E-state index is 0. The number of nitrogens with zero attached hydrogens (tertiary/aromatic N) is 1. The molecule has 1 heterocycles. The molecule has 0 radical (unpaired) electrons.